The topological polar surface area (TPSA) is 6.48 Å². The van der Waals surface area contributed by atoms with Crippen molar-refractivity contribution < 1.29 is 0 Å². The standard InChI is InChI=1S/C68H64N2/c1-5-7-9-53-23-39-63(40-24-53)69(65-43-27-57(28-44-65)21-19-55-15-11-51(3)12-16-55)67-47-35-61(36-48-67)59-31-33-60(34-32-59)62-37-49-68(50-38-62)70(64-41-25-54(26-42-64)10-8-6-2)66-45-29-58(30-46-66)22-20-56-17-13-52(4)14-18-56/h11-50H,5-10H2,1-4H3/b21-19+,22-20+. The van der Waals surface area contributed by atoms with Crippen molar-refractivity contribution in [2.45, 2.75) is 66.2 Å². The molecule has 0 radical (unpaired) electrons. The maximum absolute atomic E-state index is 2.36. The molecule has 2 heteroatoms. The van der Waals surface area contributed by atoms with Crippen LogP contribution >= 0.6 is 0 Å². The van der Waals surface area contributed by atoms with Crippen molar-refractivity contribution >= 4 is 58.4 Å². The van der Waals surface area contributed by atoms with Crippen molar-refractivity contribution in [3.05, 3.63) is 263 Å². The number of benzene rings is 9. The van der Waals surface area contributed by atoms with Crippen LogP contribution in [-0.2, 0) is 12.8 Å². The van der Waals surface area contributed by atoms with Crippen molar-refractivity contribution in [2.24, 2.45) is 0 Å². The van der Waals surface area contributed by atoms with Crippen molar-refractivity contribution in [1.82, 2.24) is 0 Å². The molecule has 9 rings (SSSR count). The van der Waals surface area contributed by atoms with E-state index in [-0.39, 0.29) is 0 Å². The quantitative estimate of drug-likeness (QED) is 0.0792. The number of rotatable bonds is 18. The van der Waals surface area contributed by atoms with Gasteiger partial charge in [-0.05, 0) is 168 Å². The Bertz CT molecular complexity index is 2870. The molecule has 0 aliphatic rings. The van der Waals surface area contributed by atoms with E-state index in [0.29, 0.717) is 0 Å². The van der Waals surface area contributed by atoms with Gasteiger partial charge in [0.1, 0.15) is 0 Å². The molecule has 0 aliphatic carbocycles. The van der Waals surface area contributed by atoms with E-state index in [2.05, 4.69) is 280 Å². The van der Waals surface area contributed by atoms with Crippen LogP contribution in [0.4, 0.5) is 34.1 Å². The minimum Gasteiger partial charge on any atom is -0.311 e. The zero-order valence-electron chi connectivity index (χ0n) is 41.2. The summed E-state index contributed by atoms with van der Waals surface area (Å²) >= 11 is 0. The third-order valence-corrected chi connectivity index (χ3v) is 13.2. The normalized spacial score (nSPS) is 11.4. The first-order valence-electron chi connectivity index (χ1n) is 25.2. The van der Waals surface area contributed by atoms with Crippen LogP contribution in [0, 0.1) is 13.8 Å². The monoisotopic (exact) mass is 909 g/mol. The van der Waals surface area contributed by atoms with E-state index in [4.69, 9.17) is 0 Å². The Hall–Kier alpha value is -7.94. The number of unbranched alkanes of at least 4 members (excludes halogenated alkanes) is 2. The maximum atomic E-state index is 2.36. The Morgan fingerprint density at radius 1 is 0.271 bits per heavy atom. The summed E-state index contributed by atoms with van der Waals surface area (Å²) < 4.78 is 0. The van der Waals surface area contributed by atoms with Crippen molar-refractivity contribution in [2.75, 3.05) is 9.80 Å². The third kappa shape index (κ3) is 12.0. The summed E-state index contributed by atoms with van der Waals surface area (Å²) in [6.07, 6.45) is 15.7. The van der Waals surface area contributed by atoms with E-state index in [1.165, 1.54) is 92.4 Å². The molecule has 0 spiro atoms. The van der Waals surface area contributed by atoms with Crippen LogP contribution in [0.25, 0.3) is 46.6 Å². The Balaban J connectivity index is 0.932. The van der Waals surface area contributed by atoms with Crippen molar-refractivity contribution in [1.29, 1.82) is 0 Å². The number of aryl methyl sites for hydroxylation is 4. The summed E-state index contributed by atoms with van der Waals surface area (Å²) in [4.78, 5) is 4.72. The lowest BCUT2D eigenvalue weighted by molar-refractivity contribution is 0.795. The number of nitrogens with zero attached hydrogens (tertiary/aromatic N) is 2. The lowest BCUT2D eigenvalue weighted by Gasteiger charge is -2.26. The van der Waals surface area contributed by atoms with E-state index in [0.717, 1.165) is 47.0 Å². The molecule has 9 aromatic carbocycles. The van der Waals surface area contributed by atoms with Gasteiger partial charge in [-0.3, -0.25) is 0 Å². The molecule has 0 aromatic heterocycles. The fourth-order valence-corrected chi connectivity index (χ4v) is 8.95. The number of hydrogen-bond donors (Lipinski definition) is 0. The molecule has 0 atom stereocenters. The SMILES string of the molecule is CCCCc1ccc(N(c2ccc(/C=C/c3ccc(C)cc3)cc2)c2ccc(-c3ccc(-c4ccc(N(c5ccc(/C=C/c6ccc(C)cc6)cc5)c5ccc(CCCC)cc5)cc4)cc3)cc2)cc1. The van der Waals surface area contributed by atoms with E-state index in [1.54, 1.807) is 0 Å². The maximum Gasteiger partial charge on any atom is 0.0462 e. The van der Waals surface area contributed by atoms with Crippen LogP contribution in [0.15, 0.2) is 218 Å². The van der Waals surface area contributed by atoms with Crippen LogP contribution < -0.4 is 9.80 Å². The molecular weight excluding hydrogens is 845 g/mol. The summed E-state index contributed by atoms with van der Waals surface area (Å²) in [5.41, 5.74) is 21.6. The highest BCUT2D eigenvalue weighted by molar-refractivity contribution is 5.82. The Kier molecular flexibility index (Phi) is 15.4. The van der Waals surface area contributed by atoms with Crippen LogP contribution in [0.2, 0.25) is 0 Å². The predicted octanol–water partition coefficient (Wildman–Crippen LogP) is 19.6. The Morgan fingerprint density at radius 2 is 0.486 bits per heavy atom. The molecule has 9 aromatic rings. The first-order chi connectivity index (χ1) is 34.4. The lowest BCUT2D eigenvalue weighted by atomic mass is 9.99. The highest BCUT2D eigenvalue weighted by atomic mass is 15.1. The molecule has 0 saturated heterocycles. The fourth-order valence-electron chi connectivity index (χ4n) is 8.95. The highest BCUT2D eigenvalue weighted by Crippen LogP contribution is 2.39. The molecule has 0 aliphatic heterocycles. The van der Waals surface area contributed by atoms with Gasteiger partial charge in [0, 0.05) is 34.1 Å². The second kappa shape index (κ2) is 22.9. The van der Waals surface area contributed by atoms with Gasteiger partial charge in [0.15, 0.2) is 0 Å². The van der Waals surface area contributed by atoms with Gasteiger partial charge < -0.3 is 9.80 Å². The molecule has 70 heavy (non-hydrogen) atoms. The van der Waals surface area contributed by atoms with Gasteiger partial charge in [0.2, 0.25) is 0 Å². The molecule has 0 bridgehead atoms. The number of anilines is 6. The van der Waals surface area contributed by atoms with Gasteiger partial charge >= 0.3 is 0 Å². The molecule has 0 heterocycles. The summed E-state index contributed by atoms with van der Waals surface area (Å²) in [6, 6.07) is 80.2. The largest absolute Gasteiger partial charge is 0.311 e. The molecule has 346 valence electrons. The molecule has 0 amide bonds. The smallest absolute Gasteiger partial charge is 0.0462 e. The zero-order valence-corrected chi connectivity index (χ0v) is 41.2. The molecule has 2 nitrogen and oxygen atoms in total. The Morgan fingerprint density at radius 3 is 0.743 bits per heavy atom. The molecule has 0 fully saturated rings. The van der Waals surface area contributed by atoms with Crippen LogP contribution in [0.5, 0.6) is 0 Å². The van der Waals surface area contributed by atoms with Gasteiger partial charge in [-0.15, -0.1) is 0 Å². The van der Waals surface area contributed by atoms with Gasteiger partial charge in [0.25, 0.3) is 0 Å². The molecule has 0 unspecified atom stereocenters. The average molecular weight is 909 g/mol. The summed E-state index contributed by atoms with van der Waals surface area (Å²) in [6.45, 7) is 8.75. The van der Waals surface area contributed by atoms with Crippen molar-refractivity contribution in [3.63, 3.8) is 0 Å². The van der Waals surface area contributed by atoms with E-state index < -0.39 is 0 Å². The molecule has 0 saturated carbocycles. The Labute approximate surface area is 417 Å². The minimum atomic E-state index is 1.11. The summed E-state index contributed by atoms with van der Waals surface area (Å²) in [5.74, 6) is 0. The van der Waals surface area contributed by atoms with Gasteiger partial charge in [-0.25, -0.2) is 0 Å². The van der Waals surface area contributed by atoms with Gasteiger partial charge in [0.05, 0.1) is 0 Å². The van der Waals surface area contributed by atoms with Crippen molar-refractivity contribution in [3.8, 4) is 22.3 Å². The average Bonchev–Trinajstić information content (AvgIpc) is 3.41. The lowest BCUT2D eigenvalue weighted by Crippen LogP contribution is -2.10. The second-order valence-electron chi connectivity index (χ2n) is 18.6. The first-order valence-corrected chi connectivity index (χ1v) is 25.2. The predicted molar refractivity (Wildman–Crippen MR) is 304 cm³/mol. The van der Waals surface area contributed by atoms with Gasteiger partial charge in [-0.2, -0.15) is 0 Å². The number of hydrogen-bond acceptors (Lipinski definition) is 2. The van der Waals surface area contributed by atoms with Gasteiger partial charge in [-0.1, -0.05) is 208 Å². The van der Waals surface area contributed by atoms with Crippen LogP contribution in [0.1, 0.15) is 84.0 Å². The van der Waals surface area contributed by atoms with E-state index in [9.17, 15) is 0 Å². The van der Waals surface area contributed by atoms with E-state index in [1.807, 2.05) is 0 Å². The van der Waals surface area contributed by atoms with E-state index >= 15 is 0 Å². The zero-order chi connectivity index (χ0) is 48.1. The summed E-state index contributed by atoms with van der Waals surface area (Å²) in [7, 11) is 0. The second-order valence-corrected chi connectivity index (χ2v) is 18.6. The third-order valence-electron chi connectivity index (χ3n) is 13.2. The highest BCUT2D eigenvalue weighted by Gasteiger charge is 2.15. The summed E-state index contributed by atoms with van der Waals surface area (Å²) in [5, 5.41) is 0. The molecular formula is C68H64N2. The first kappa shape index (κ1) is 47.1. The molecule has 0 N–H and O–H groups in total. The van der Waals surface area contributed by atoms with Crippen LogP contribution in [0.3, 0.4) is 0 Å². The fraction of sp³-hybridized carbons (Fsp3) is 0.147. The van der Waals surface area contributed by atoms with Crippen LogP contribution in [-0.4, -0.2) is 0 Å². The minimum absolute atomic E-state index is 1.11.